The molecule has 0 bridgehead atoms. The molecule has 0 atom stereocenters. The summed E-state index contributed by atoms with van der Waals surface area (Å²) in [5, 5.41) is -0.176. The Hall–Kier alpha value is -1.96. The Labute approximate surface area is 102 Å². The lowest BCUT2D eigenvalue weighted by atomic mass is 10.3. The molecular formula is C10H9F2N3O2S. The summed E-state index contributed by atoms with van der Waals surface area (Å²) in [7, 11) is -3.93. The molecule has 0 radical (unpaired) electrons. The lowest BCUT2D eigenvalue weighted by Crippen LogP contribution is -2.13. The molecule has 5 nitrogen and oxygen atoms in total. The number of anilines is 1. The van der Waals surface area contributed by atoms with Gasteiger partial charge in [0.15, 0.2) is 5.03 Å². The van der Waals surface area contributed by atoms with Gasteiger partial charge in [0, 0.05) is 6.07 Å². The summed E-state index contributed by atoms with van der Waals surface area (Å²) in [6.45, 7) is 1.58. The molecule has 0 unspecified atom stereocenters. The fourth-order valence-corrected chi connectivity index (χ4v) is 2.37. The van der Waals surface area contributed by atoms with Crippen LogP contribution in [0.2, 0.25) is 0 Å². The Balaban J connectivity index is 2.33. The molecule has 0 fully saturated rings. The van der Waals surface area contributed by atoms with Crippen molar-refractivity contribution in [2.75, 3.05) is 4.72 Å². The van der Waals surface area contributed by atoms with E-state index >= 15 is 0 Å². The van der Waals surface area contributed by atoms with E-state index in [4.69, 9.17) is 0 Å². The van der Waals surface area contributed by atoms with Crippen LogP contribution in [0.1, 0.15) is 5.82 Å². The van der Waals surface area contributed by atoms with Gasteiger partial charge in [-0.15, -0.1) is 0 Å². The number of halogens is 2. The number of aromatic nitrogens is 2. The number of hydrogen-bond acceptors (Lipinski definition) is 3. The highest BCUT2D eigenvalue weighted by molar-refractivity contribution is 7.92. The quantitative estimate of drug-likeness (QED) is 0.895. The monoisotopic (exact) mass is 273 g/mol. The number of nitrogens with zero attached hydrogens (tertiary/aromatic N) is 1. The summed E-state index contributed by atoms with van der Waals surface area (Å²) in [5.41, 5.74) is -0.195. The number of imidazole rings is 1. The van der Waals surface area contributed by atoms with Crippen LogP contribution in [0, 0.1) is 18.6 Å². The SMILES string of the molecule is Cc1ncc(S(=O)(=O)Nc2cc(F)cc(F)c2)[nH]1. The van der Waals surface area contributed by atoms with Crippen molar-refractivity contribution in [1.82, 2.24) is 9.97 Å². The lowest BCUT2D eigenvalue weighted by Gasteiger charge is -2.06. The Morgan fingerprint density at radius 2 is 1.83 bits per heavy atom. The van der Waals surface area contributed by atoms with Crippen molar-refractivity contribution in [1.29, 1.82) is 0 Å². The molecule has 18 heavy (non-hydrogen) atoms. The van der Waals surface area contributed by atoms with Crippen LogP contribution in [0.4, 0.5) is 14.5 Å². The Kier molecular flexibility index (Phi) is 3.04. The smallest absolute Gasteiger partial charge is 0.278 e. The maximum Gasteiger partial charge on any atom is 0.278 e. The molecule has 0 aliphatic carbocycles. The second-order valence-electron chi connectivity index (χ2n) is 3.60. The van der Waals surface area contributed by atoms with Gasteiger partial charge in [0.1, 0.15) is 17.5 Å². The lowest BCUT2D eigenvalue weighted by molar-refractivity contribution is 0.584. The van der Waals surface area contributed by atoms with E-state index in [-0.39, 0.29) is 10.7 Å². The highest BCUT2D eigenvalue weighted by Gasteiger charge is 2.17. The molecule has 0 aliphatic heterocycles. The van der Waals surface area contributed by atoms with E-state index in [1.165, 1.54) is 0 Å². The summed E-state index contributed by atoms with van der Waals surface area (Å²) >= 11 is 0. The third-order valence-electron chi connectivity index (χ3n) is 2.08. The van der Waals surface area contributed by atoms with Crippen molar-refractivity contribution < 1.29 is 17.2 Å². The highest BCUT2D eigenvalue weighted by atomic mass is 32.2. The van der Waals surface area contributed by atoms with Crippen LogP contribution < -0.4 is 4.72 Å². The van der Waals surface area contributed by atoms with Crippen LogP contribution in [-0.2, 0) is 10.0 Å². The van der Waals surface area contributed by atoms with Crippen LogP contribution in [0.25, 0.3) is 0 Å². The molecule has 8 heteroatoms. The molecule has 1 aromatic heterocycles. The van der Waals surface area contributed by atoms with Crippen molar-refractivity contribution in [2.45, 2.75) is 11.9 Å². The van der Waals surface area contributed by atoms with Crippen molar-refractivity contribution in [3.63, 3.8) is 0 Å². The van der Waals surface area contributed by atoms with Gasteiger partial charge in [0.05, 0.1) is 11.9 Å². The van der Waals surface area contributed by atoms with Gasteiger partial charge < -0.3 is 4.98 Å². The minimum Gasteiger partial charge on any atom is -0.332 e. The van der Waals surface area contributed by atoms with Gasteiger partial charge in [-0.2, -0.15) is 8.42 Å². The first kappa shape index (κ1) is 12.5. The van der Waals surface area contributed by atoms with Gasteiger partial charge in [-0.1, -0.05) is 0 Å². The van der Waals surface area contributed by atoms with E-state index in [1.807, 2.05) is 0 Å². The number of aromatic amines is 1. The maximum atomic E-state index is 12.9. The average Bonchev–Trinajstić information content (AvgIpc) is 2.62. The predicted octanol–water partition coefficient (Wildman–Crippen LogP) is 1.80. The molecule has 0 saturated heterocycles. The van der Waals surface area contributed by atoms with E-state index < -0.39 is 21.7 Å². The van der Waals surface area contributed by atoms with E-state index in [0.717, 1.165) is 18.3 Å². The van der Waals surface area contributed by atoms with Crippen molar-refractivity contribution in [3.8, 4) is 0 Å². The second kappa shape index (κ2) is 4.37. The number of sulfonamides is 1. The molecule has 96 valence electrons. The Morgan fingerprint density at radius 3 is 2.33 bits per heavy atom. The molecule has 2 aromatic rings. The molecule has 1 heterocycles. The largest absolute Gasteiger partial charge is 0.332 e. The topological polar surface area (TPSA) is 74.8 Å². The van der Waals surface area contributed by atoms with E-state index in [1.54, 1.807) is 6.92 Å². The predicted molar refractivity (Wildman–Crippen MR) is 60.5 cm³/mol. The van der Waals surface area contributed by atoms with Crippen molar-refractivity contribution in [3.05, 3.63) is 41.9 Å². The van der Waals surface area contributed by atoms with Gasteiger partial charge in [0.2, 0.25) is 0 Å². The van der Waals surface area contributed by atoms with Crippen LogP contribution in [0.15, 0.2) is 29.4 Å². The maximum absolute atomic E-state index is 12.9. The number of H-pyrrole nitrogens is 1. The highest BCUT2D eigenvalue weighted by Crippen LogP contribution is 2.17. The van der Waals surface area contributed by atoms with Crippen molar-refractivity contribution >= 4 is 15.7 Å². The van der Waals surface area contributed by atoms with Crippen LogP contribution in [0.3, 0.4) is 0 Å². The first-order valence-electron chi connectivity index (χ1n) is 4.87. The zero-order chi connectivity index (χ0) is 13.3. The molecule has 0 aliphatic rings. The Morgan fingerprint density at radius 1 is 1.22 bits per heavy atom. The van der Waals surface area contributed by atoms with Crippen LogP contribution in [-0.4, -0.2) is 18.4 Å². The molecule has 1 aromatic carbocycles. The molecule has 0 amide bonds. The van der Waals surface area contributed by atoms with Gasteiger partial charge in [-0.3, -0.25) is 4.72 Å². The summed E-state index contributed by atoms with van der Waals surface area (Å²) in [6.07, 6.45) is 1.12. The van der Waals surface area contributed by atoms with E-state index in [9.17, 15) is 17.2 Å². The third-order valence-corrected chi connectivity index (χ3v) is 3.37. The average molecular weight is 273 g/mol. The normalized spacial score (nSPS) is 11.5. The van der Waals surface area contributed by atoms with Crippen molar-refractivity contribution in [2.24, 2.45) is 0 Å². The molecule has 2 N–H and O–H groups in total. The number of hydrogen-bond donors (Lipinski definition) is 2. The van der Waals surface area contributed by atoms with Crippen LogP contribution >= 0.6 is 0 Å². The third kappa shape index (κ3) is 2.65. The van der Waals surface area contributed by atoms with E-state index in [0.29, 0.717) is 11.9 Å². The fraction of sp³-hybridized carbons (Fsp3) is 0.100. The second-order valence-corrected chi connectivity index (χ2v) is 5.25. The summed E-state index contributed by atoms with van der Waals surface area (Å²) < 4.78 is 51.5. The van der Waals surface area contributed by atoms with Gasteiger partial charge >= 0.3 is 0 Å². The number of aryl methyl sites for hydroxylation is 1. The zero-order valence-corrected chi connectivity index (χ0v) is 10.1. The van der Waals surface area contributed by atoms with Gasteiger partial charge in [0.25, 0.3) is 10.0 Å². The number of rotatable bonds is 3. The minimum atomic E-state index is -3.93. The summed E-state index contributed by atoms with van der Waals surface area (Å²) in [6, 6.07) is 2.41. The molecular weight excluding hydrogens is 264 g/mol. The minimum absolute atomic E-state index is 0.176. The zero-order valence-electron chi connectivity index (χ0n) is 9.24. The molecule has 0 saturated carbocycles. The van der Waals surface area contributed by atoms with Crippen LogP contribution in [0.5, 0.6) is 0 Å². The molecule has 0 spiro atoms. The van der Waals surface area contributed by atoms with E-state index in [2.05, 4.69) is 14.7 Å². The Bertz CT molecular complexity index is 662. The standard InChI is InChI=1S/C10H9F2N3O2S/c1-6-13-5-10(14-6)18(16,17)15-9-3-7(11)2-8(12)4-9/h2-5,15H,1H3,(H,13,14). The fourth-order valence-electron chi connectivity index (χ4n) is 1.36. The first-order chi connectivity index (χ1) is 8.37. The summed E-state index contributed by atoms with van der Waals surface area (Å²) in [5.74, 6) is -1.32. The number of nitrogens with one attached hydrogen (secondary N) is 2. The summed E-state index contributed by atoms with van der Waals surface area (Å²) in [4.78, 5) is 6.25. The van der Waals surface area contributed by atoms with Gasteiger partial charge in [-0.05, 0) is 19.1 Å². The van der Waals surface area contributed by atoms with Gasteiger partial charge in [-0.25, -0.2) is 13.8 Å². The first-order valence-corrected chi connectivity index (χ1v) is 6.36. The number of benzene rings is 1. The molecule has 2 rings (SSSR count).